The van der Waals surface area contributed by atoms with E-state index in [4.69, 9.17) is 0 Å². The third-order valence-electron chi connectivity index (χ3n) is 1.76. The Hall–Kier alpha value is -1.05. The van der Waals surface area contributed by atoms with Crippen LogP contribution in [-0.4, -0.2) is 22.4 Å². The molecule has 0 saturated heterocycles. The van der Waals surface area contributed by atoms with Crippen molar-refractivity contribution in [2.75, 3.05) is 6.61 Å². The highest BCUT2D eigenvalue weighted by atomic mass is 79.9. The van der Waals surface area contributed by atoms with Crippen LogP contribution in [0.3, 0.4) is 0 Å². The van der Waals surface area contributed by atoms with Gasteiger partial charge in [0.05, 0.1) is 6.61 Å². The van der Waals surface area contributed by atoms with E-state index in [9.17, 15) is 18.0 Å². The Morgan fingerprint density at radius 3 is 2.56 bits per heavy atom. The summed E-state index contributed by atoms with van der Waals surface area (Å²) in [5, 5.41) is 3.49. The summed E-state index contributed by atoms with van der Waals surface area (Å²) in [6.45, 7) is 1.51. The average Bonchev–Trinajstić information content (AvgIpc) is 2.40. The van der Waals surface area contributed by atoms with Crippen LogP contribution in [-0.2, 0) is 18.0 Å². The standard InChI is InChI=1S/C8H8BrF3N2O2/c1-3-16-7(15)5-4(8(10,11)12)6(9)13-14(5)2/h3H2,1-2H3. The first-order valence-electron chi connectivity index (χ1n) is 4.25. The molecular weight excluding hydrogens is 293 g/mol. The van der Waals surface area contributed by atoms with E-state index in [0.29, 0.717) is 0 Å². The molecule has 0 amide bonds. The summed E-state index contributed by atoms with van der Waals surface area (Å²) in [5.74, 6) is -1.05. The van der Waals surface area contributed by atoms with Crippen molar-refractivity contribution in [1.29, 1.82) is 0 Å². The molecule has 1 rings (SSSR count). The first-order chi connectivity index (χ1) is 7.29. The van der Waals surface area contributed by atoms with Gasteiger partial charge in [-0.05, 0) is 22.9 Å². The van der Waals surface area contributed by atoms with Gasteiger partial charge in [-0.25, -0.2) is 4.79 Å². The summed E-state index contributed by atoms with van der Waals surface area (Å²) in [7, 11) is 1.24. The number of carbonyl (C=O) groups excluding carboxylic acids is 1. The Morgan fingerprint density at radius 1 is 1.56 bits per heavy atom. The highest BCUT2D eigenvalue weighted by Crippen LogP contribution is 2.37. The molecule has 8 heteroatoms. The Labute approximate surface area is 97.5 Å². The molecule has 90 valence electrons. The maximum absolute atomic E-state index is 12.6. The minimum Gasteiger partial charge on any atom is -0.461 e. The highest BCUT2D eigenvalue weighted by molar-refractivity contribution is 9.10. The second kappa shape index (κ2) is 4.44. The fraction of sp³-hybridized carbons (Fsp3) is 0.500. The summed E-state index contributed by atoms with van der Waals surface area (Å²) in [5.41, 5.74) is -1.73. The molecule has 0 saturated carbocycles. The lowest BCUT2D eigenvalue weighted by atomic mass is 10.2. The Morgan fingerprint density at radius 2 is 2.12 bits per heavy atom. The van der Waals surface area contributed by atoms with Crippen LogP contribution in [0.2, 0.25) is 0 Å². The van der Waals surface area contributed by atoms with Gasteiger partial charge in [0.2, 0.25) is 0 Å². The first-order valence-corrected chi connectivity index (χ1v) is 5.05. The van der Waals surface area contributed by atoms with Crippen molar-refractivity contribution in [2.24, 2.45) is 7.05 Å². The molecule has 0 aromatic carbocycles. The normalized spacial score (nSPS) is 11.6. The second-order valence-corrected chi connectivity index (χ2v) is 3.61. The number of carbonyl (C=O) groups is 1. The predicted octanol–water partition coefficient (Wildman–Crippen LogP) is 2.38. The molecule has 16 heavy (non-hydrogen) atoms. The van der Waals surface area contributed by atoms with Crippen LogP contribution in [0.4, 0.5) is 13.2 Å². The zero-order valence-corrected chi connectivity index (χ0v) is 10.0. The zero-order chi connectivity index (χ0) is 12.5. The van der Waals surface area contributed by atoms with Gasteiger partial charge in [0.25, 0.3) is 0 Å². The lowest BCUT2D eigenvalue weighted by Gasteiger charge is -2.08. The quantitative estimate of drug-likeness (QED) is 0.788. The van der Waals surface area contributed by atoms with E-state index in [2.05, 4.69) is 25.8 Å². The molecule has 0 aliphatic heterocycles. The van der Waals surface area contributed by atoms with Crippen LogP contribution >= 0.6 is 15.9 Å². The molecule has 0 radical (unpaired) electrons. The predicted molar refractivity (Wildman–Crippen MR) is 51.9 cm³/mol. The number of esters is 1. The molecule has 1 aromatic heterocycles. The summed E-state index contributed by atoms with van der Waals surface area (Å²) in [6.07, 6.45) is -4.66. The number of ether oxygens (including phenoxy) is 1. The van der Waals surface area contributed by atoms with Gasteiger partial charge in [-0.1, -0.05) is 0 Å². The Kier molecular flexibility index (Phi) is 3.61. The molecule has 0 atom stereocenters. The Bertz CT molecular complexity index is 414. The number of aromatic nitrogens is 2. The fourth-order valence-corrected chi connectivity index (χ4v) is 1.83. The molecule has 1 heterocycles. The summed E-state index contributed by atoms with van der Waals surface area (Å²) in [6, 6.07) is 0. The Balaban J connectivity index is 3.32. The van der Waals surface area contributed by atoms with Gasteiger partial charge in [0.15, 0.2) is 5.69 Å². The molecule has 0 spiro atoms. The maximum atomic E-state index is 12.6. The van der Waals surface area contributed by atoms with Crippen molar-refractivity contribution in [3.8, 4) is 0 Å². The van der Waals surface area contributed by atoms with E-state index >= 15 is 0 Å². The summed E-state index contributed by atoms with van der Waals surface area (Å²) < 4.78 is 42.8. The molecule has 1 aromatic rings. The molecular formula is C8H8BrF3N2O2. The van der Waals surface area contributed by atoms with Gasteiger partial charge in [0, 0.05) is 7.05 Å². The van der Waals surface area contributed by atoms with E-state index in [-0.39, 0.29) is 6.61 Å². The van der Waals surface area contributed by atoms with Crippen molar-refractivity contribution in [2.45, 2.75) is 13.1 Å². The van der Waals surface area contributed by atoms with Crippen LogP contribution in [0.25, 0.3) is 0 Å². The molecule has 0 unspecified atom stereocenters. The van der Waals surface area contributed by atoms with Crippen LogP contribution in [0, 0.1) is 0 Å². The molecule has 0 fully saturated rings. The number of hydrogen-bond acceptors (Lipinski definition) is 3. The van der Waals surface area contributed by atoms with E-state index < -0.39 is 28.0 Å². The van der Waals surface area contributed by atoms with E-state index in [1.54, 1.807) is 0 Å². The summed E-state index contributed by atoms with van der Waals surface area (Å²) >= 11 is 2.66. The maximum Gasteiger partial charge on any atom is 0.421 e. The van der Waals surface area contributed by atoms with Crippen molar-refractivity contribution in [3.63, 3.8) is 0 Å². The van der Waals surface area contributed by atoms with Gasteiger partial charge in [-0.3, -0.25) is 4.68 Å². The number of nitrogens with zero attached hydrogens (tertiary/aromatic N) is 2. The minimum atomic E-state index is -4.66. The van der Waals surface area contributed by atoms with Gasteiger partial charge < -0.3 is 4.74 Å². The van der Waals surface area contributed by atoms with Crippen molar-refractivity contribution in [1.82, 2.24) is 9.78 Å². The SMILES string of the molecule is CCOC(=O)c1c(C(F)(F)F)c(Br)nn1C. The molecule has 0 aliphatic carbocycles. The second-order valence-electron chi connectivity index (χ2n) is 2.86. The monoisotopic (exact) mass is 300 g/mol. The lowest BCUT2D eigenvalue weighted by Crippen LogP contribution is -2.17. The van der Waals surface area contributed by atoms with Crippen LogP contribution in [0.15, 0.2) is 4.60 Å². The highest BCUT2D eigenvalue weighted by Gasteiger charge is 2.41. The molecule has 0 aliphatic rings. The van der Waals surface area contributed by atoms with Crippen molar-refractivity contribution >= 4 is 21.9 Å². The smallest absolute Gasteiger partial charge is 0.421 e. The lowest BCUT2D eigenvalue weighted by molar-refractivity contribution is -0.138. The minimum absolute atomic E-state index is 0.00106. The van der Waals surface area contributed by atoms with Gasteiger partial charge in [-0.15, -0.1) is 0 Å². The third kappa shape index (κ3) is 2.37. The first kappa shape index (κ1) is 13.0. The number of alkyl halides is 3. The van der Waals surface area contributed by atoms with Crippen LogP contribution in [0.1, 0.15) is 23.0 Å². The van der Waals surface area contributed by atoms with Gasteiger partial charge in [-0.2, -0.15) is 18.3 Å². The van der Waals surface area contributed by atoms with Crippen LogP contribution in [0.5, 0.6) is 0 Å². The van der Waals surface area contributed by atoms with E-state index in [1.807, 2.05) is 0 Å². The number of halogens is 4. The largest absolute Gasteiger partial charge is 0.461 e. The van der Waals surface area contributed by atoms with Crippen molar-refractivity contribution in [3.05, 3.63) is 15.9 Å². The third-order valence-corrected chi connectivity index (χ3v) is 2.31. The van der Waals surface area contributed by atoms with E-state index in [0.717, 1.165) is 4.68 Å². The number of aryl methyl sites for hydroxylation is 1. The summed E-state index contributed by atoms with van der Waals surface area (Å²) in [4.78, 5) is 11.3. The number of hydrogen-bond donors (Lipinski definition) is 0. The fourth-order valence-electron chi connectivity index (χ4n) is 1.18. The molecule has 0 N–H and O–H groups in total. The van der Waals surface area contributed by atoms with Crippen molar-refractivity contribution < 1.29 is 22.7 Å². The van der Waals surface area contributed by atoms with Gasteiger partial charge >= 0.3 is 12.1 Å². The van der Waals surface area contributed by atoms with Crippen LogP contribution < -0.4 is 0 Å². The topological polar surface area (TPSA) is 44.1 Å². The zero-order valence-electron chi connectivity index (χ0n) is 8.43. The number of rotatable bonds is 2. The van der Waals surface area contributed by atoms with Gasteiger partial charge in [0.1, 0.15) is 10.2 Å². The molecule has 0 bridgehead atoms. The average molecular weight is 301 g/mol. The molecule has 4 nitrogen and oxygen atoms in total. The van der Waals surface area contributed by atoms with E-state index in [1.165, 1.54) is 14.0 Å².